The van der Waals surface area contributed by atoms with Crippen LogP contribution < -0.4 is 5.32 Å². The molecule has 3 heteroatoms. The second-order valence-electron chi connectivity index (χ2n) is 6.43. The first-order chi connectivity index (χ1) is 8.88. The summed E-state index contributed by atoms with van der Waals surface area (Å²) in [5, 5.41) is 3.53. The largest absolute Gasteiger partial charge is 0.315 e. The summed E-state index contributed by atoms with van der Waals surface area (Å²) in [5.41, 5.74) is 0. The minimum atomic E-state index is 0.755. The van der Waals surface area contributed by atoms with Crippen molar-refractivity contribution >= 4 is 0 Å². The molecule has 3 aliphatic rings. The summed E-state index contributed by atoms with van der Waals surface area (Å²) in [6.07, 6.45) is 9.94. The van der Waals surface area contributed by atoms with Crippen molar-refractivity contribution in [3.8, 4) is 0 Å². The van der Waals surface area contributed by atoms with Crippen LogP contribution in [0, 0.1) is 0 Å². The van der Waals surface area contributed by atoms with Gasteiger partial charge >= 0.3 is 0 Å². The van der Waals surface area contributed by atoms with Crippen LogP contribution >= 0.6 is 0 Å². The van der Waals surface area contributed by atoms with E-state index >= 15 is 0 Å². The molecule has 104 valence electrons. The summed E-state index contributed by atoms with van der Waals surface area (Å²) < 4.78 is 0. The molecule has 0 aromatic rings. The molecule has 3 atom stereocenters. The number of likely N-dealkylation sites (N-methyl/N-ethyl adjacent to an activating group) is 1. The maximum absolute atomic E-state index is 3.53. The molecule has 0 amide bonds. The summed E-state index contributed by atoms with van der Waals surface area (Å²) in [6, 6.07) is 2.44. The molecule has 3 rings (SSSR count). The summed E-state index contributed by atoms with van der Waals surface area (Å²) in [6.45, 7) is 5.39. The Morgan fingerprint density at radius 1 is 0.833 bits per heavy atom. The number of hydrogen-bond acceptors (Lipinski definition) is 3. The Labute approximate surface area is 112 Å². The van der Waals surface area contributed by atoms with Gasteiger partial charge in [0.05, 0.1) is 0 Å². The van der Waals surface area contributed by atoms with Crippen molar-refractivity contribution in [1.29, 1.82) is 0 Å². The van der Waals surface area contributed by atoms with Gasteiger partial charge in [-0.1, -0.05) is 12.8 Å². The van der Waals surface area contributed by atoms with Crippen molar-refractivity contribution in [1.82, 2.24) is 15.1 Å². The Morgan fingerprint density at radius 3 is 2.44 bits per heavy atom. The van der Waals surface area contributed by atoms with Crippen LogP contribution in [0.4, 0.5) is 0 Å². The van der Waals surface area contributed by atoms with E-state index in [2.05, 4.69) is 22.2 Å². The number of rotatable bonds is 3. The van der Waals surface area contributed by atoms with Crippen LogP contribution in [0.1, 0.15) is 44.9 Å². The number of hydrogen-bond donors (Lipinski definition) is 1. The monoisotopic (exact) mass is 251 g/mol. The number of nitrogens with one attached hydrogen (secondary N) is 1. The average molecular weight is 251 g/mol. The van der Waals surface area contributed by atoms with Gasteiger partial charge in [-0.3, -0.25) is 9.80 Å². The standard InChI is InChI=1S/C15H29N3/c1-16-14-6-5-7-15(14)18-11-8-13(12-18)17-9-3-2-4-10-17/h13-16H,2-12H2,1H3. The van der Waals surface area contributed by atoms with Gasteiger partial charge in [0.2, 0.25) is 0 Å². The molecule has 1 aliphatic carbocycles. The van der Waals surface area contributed by atoms with E-state index in [0.29, 0.717) is 0 Å². The summed E-state index contributed by atoms with van der Waals surface area (Å²) in [7, 11) is 2.14. The van der Waals surface area contributed by atoms with Crippen molar-refractivity contribution in [2.75, 3.05) is 33.2 Å². The van der Waals surface area contributed by atoms with Gasteiger partial charge in [-0.05, 0) is 52.2 Å². The van der Waals surface area contributed by atoms with Crippen molar-refractivity contribution in [3.63, 3.8) is 0 Å². The van der Waals surface area contributed by atoms with E-state index in [9.17, 15) is 0 Å². The minimum absolute atomic E-state index is 0.755. The Balaban J connectivity index is 1.54. The lowest BCUT2D eigenvalue weighted by Crippen LogP contribution is -2.47. The quantitative estimate of drug-likeness (QED) is 0.823. The molecular formula is C15H29N3. The van der Waals surface area contributed by atoms with Gasteiger partial charge in [0.1, 0.15) is 0 Å². The van der Waals surface area contributed by atoms with E-state index in [1.54, 1.807) is 0 Å². The third-order valence-electron chi connectivity index (χ3n) is 5.42. The molecule has 18 heavy (non-hydrogen) atoms. The molecule has 1 N–H and O–H groups in total. The maximum Gasteiger partial charge on any atom is 0.0249 e. The lowest BCUT2D eigenvalue weighted by Gasteiger charge is -2.34. The number of nitrogens with zero attached hydrogens (tertiary/aromatic N) is 2. The predicted octanol–water partition coefficient (Wildman–Crippen LogP) is 1.69. The minimum Gasteiger partial charge on any atom is -0.315 e. The third kappa shape index (κ3) is 2.59. The molecule has 2 saturated heterocycles. The van der Waals surface area contributed by atoms with Crippen LogP contribution in [-0.4, -0.2) is 61.2 Å². The average Bonchev–Trinajstić information content (AvgIpc) is 3.08. The van der Waals surface area contributed by atoms with Crippen LogP contribution in [0.15, 0.2) is 0 Å². The molecule has 3 unspecified atom stereocenters. The molecule has 0 aromatic heterocycles. The molecule has 0 aromatic carbocycles. The zero-order valence-corrected chi connectivity index (χ0v) is 11.9. The Kier molecular flexibility index (Phi) is 4.22. The molecule has 2 heterocycles. The first-order valence-corrected chi connectivity index (χ1v) is 8.04. The van der Waals surface area contributed by atoms with Gasteiger partial charge in [-0.2, -0.15) is 0 Å². The number of likely N-dealkylation sites (tertiary alicyclic amines) is 2. The Morgan fingerprint density at radius 2 is 1.67 bits per heavy atom. The van der Waals surface area contributed by atoms with Gasteiger partial charge in [-0.15, -0.1) is 0 Å². The predicted molar refractivity (Wildman–Crippen MR) is 75.9 cm³/mol. The van der Waals surface area contributed by atoms with Gasteiger partial charge in [-0.25, -0.2) is 0 Å². The molecule has 3 nitrogen and oxygen atoms in total. The fourth-order valence-electron chi connectivity index (χ4n) is 4.37. The van der Waals surface area contributed by atoms with E-state index in [1.807, 2.05) is 0 Å². The van der Waals surface area contributed by atoms with Gasteiger partial charge < -0.3 is 5.32 Å². The first kappa shape index (κ1) is 12.9. The van der Waals surface area contributed by atoms with Crippen LogP contribution in [0.3, 0.4) is 0 Å². The van der Waals surface area contributed by atoms with Crippen LogP contribution in [0.2, 0.25) is 0 Å². The lowest BCUT2D eigenvalue weighted by atomic mass is 10.1. The Hall–Kier alpha value is -0.120. The van der Waals surface area contributed by atoms with Gasteiger partial charge in [0.25, 0.3) is 0 Å². The molecule has 1 saturated carbocycles. The normalized spacial score (nSPS) is 39.5. The molecule has 3 fully saturated rings. The second kappa shape index (κ2) is 5.89. The molecule has 0 spiro atoms. The highest BCUT2D eigenvalue weighted by Crippen LogP contribution is 2.29. The highest BCUT2D eigenvalue weighted by molar-refractivity contribution is 4.95. The Bertz CT molecular complexity index is 262. The molecule has 0 radical (unpaired) electrons. The second-order valence-corrected chi connectivity index (χ2v) is 6.43. The zero-order valence-electron chi connectivity index (χ0n) is 11.9. The molecule has 2 aliphatic heterocycles. The van der Waals surface area contributed by atoms with Gasteiger partial charge in [0, 0.05) is 31.2 Å². The lowest BCUT2D eigenvalue weighted by molar-refractivity contribution is 0.147. The SMILES string of the molecule is CNC1CCCC1N1CCC(N2CCCCC2)C1. The van der Waals surface area contributed by atoms with Crippen LogP contribution in [-0.2, 0) is 0 Å². The van der Waals surface area contributed by atoms with Crippen molar-refractivity contribution in [2.24, 2.45) is 0 Å². The van der Waals surface area contributed by atoms with Crippen LogP contribution in [0.5, 0.6) is 0 Å². The van der Waals surface area contributed by atoms with Gasteiger partial charge in [0.15, 0.2) is 0 Å². The van der Waals surface area contributed by atoms with E-state index in [0.717, 1.165) is 18.1 Å². The maximum atomic E-state index is 3.53. The van der Waals surface area contributed by atoms with E-state index in [4.69, 9.17) is 0 Å². The van der Waals surface area contributed by atoms with Crippen molar-refractivity contribution in [3.05, 3.63) is 0 Å². The first-order valence-electron chi connectivity index (χ1n) is 8.04. The molecule has 0 bridgehead atoms. The highest BCUT2D eigenvalue weighted by atomic mass is 15.3. The summed E-state index contributed by atoms with van der Waals surface area (Å²) >= 11 is 0. The molecular weight excluding hydrogens is 222 g/mol. The van der Waals surface area contributed by atoms with Crippen LogP contribution in [0.25, 0.3) is 0 Å². The van der Waals surface area contributed by atoms with E-state index in [1.165, 1.54) is 71.1 Å². The highest BCUT2D eigenvalue weighted by Gasteiger charge is 2.36. The third-order valence-corrected chi connectivity index (χ3v) is 5.42. The van der Waals surface area contributed by atoms with Crippen molar-refractivity contribution in [2.45, 2.75) is 63.1 Å². The zero-order chi connectivity index (χ0) is 12.4. The smallest absolute Gasteiger partial charge is 0.0249 e. The number of piperidine rings is 1. The summed E-state index contributed by atoms with van der Waals surface area (Å²) in [5.74, 6) is 0. The van der Waals surface area contributed by atoms with E-state index < -0.39 is 0 Å². The van der Waals surface area contributed by atoms with Crippen molar-refractivity contribution < 1.29 is 0 Å². The fourth-order valence-corrected chi connectivity index (χ4v) is 4.37. The fraction of sp³-hybridized carbons (Fsp3) is 1.00. The topological polar surface area (TPSA) is 18.5 Å². The summed E-state index contributed by atoms with van der Waals surface area (Å²) in [4.78, 5) is 5.56. The van der Waals surface area contributed by atoms with E-state index in [-0.39, 0.29) is 0 Å².